The Kier molecular flexibility index (Phi) is 3.11. The quantitative estimate of drug-likeness (QED) is 0.584. The van der Waals surface area contributed by atoms with Gasteiger partial charge in [0, 0.05) is 17.8 Å². The largest absolute Gasteiger partial charge is 0.276 e. The Labute approximate surface area is 106 Å². The van der Waals surface area contributed by atoms with Gasteiger partial charge in [0.15, 0.2) is 0 Å². The first-order valence-corrected chi connectivity index (χ1v) is 6.66. The van der Waals surface area contributed by atoms with E-state index < -0.39 is 0 Å². The van der Waals surface area contributed by atoms with Crippen LogP contribution in [0.2, 0.25) is 0 Å². The molecule has 1 atom stereocenters. The molecular weight excluding hydrogens is 325 g/mol. The molecule has 1 saturated heterocycles. The normalized spacial score (nSPS) is 21.1. The topological polar surface area (TPSA) is 37.4 Å². The second kappa shape index (κ2) is 4.21. The Morgan fingerprint density at radius 2 is 2.40 bits per heavy atom. The van der Waals surface area contributed by atoms with Gasteiger partial charge in [0.05, 0.1) is 8.45 Å². The molecule has 0 aliphatic carbocycles. The maximum atomic E-state index is 12.0. The van der Waals surface area contributed by atoms with Crippen LogP contribution in [0.1, 0.15) is 30.1 Å². The van der Waals surface area contributed by atoms with Crippen LogP contribution in [0.15, 0.2) is 11.4 Å². The predicted octanol–water partition coefficient (Wildman–Crippen LogP) is 2.50. The van der Waals surface area contributed by atoms with Crippen molar-refractivity contribution in [1.82, 2.24) is 4.90 Å². The van der Waals surface area contributed by atoms with E-state index in [9.17, 15) is 9.59 Å². The molecule has 0 saturated carbocycles. The first-order chi connectivity index (χ1) is 7.09. The van der Waals surface area contributed by atoms with Gasteiger partial charge in [0.1, 0.15) is 0 Å². The summed E-state index contributed by atoms with van der Waals surface area (Å²) < 4.78 is 1.07. The van der Waals surface area contributed by atoms with Crippen molar-refractivity contribution < 1.29 is 9.59 Å². The number of likely N-dealkylation sites (tertiary alicyclic amines) is 1. The van der Waals surface area contributed by atoms with E-state index in [2.05, 4.69) is 22.6 Å². The minimum Gasteiger partial charge on any atom is -0.276 e. The Morgan fingerprint density at radius 3 is 2.87 bits per heavy atom. The second-order valence-corrected chi connectivity index (χ2v) is 6.40. The Bertz CT molecular complexity index is 415. The molecule has 15 heavy (non-hydrogen) atoms. The van der Waals surface area contributed by atoms with Gasteiger partial charge in [-0.05, 0) is 42.0 Å². The van der Waals surface area contributed by atoms with Crippen molar-refractivity contribution in [3.63, 3.8) is 0 Å². The third-order valence-corrected chi connectivity index (χ3v) is 4.31. The molecule has 0 spiro atoms. The molecule has 3 nitrogen and oxygen atoms in total. The van der Waals surface area contributed by atoms with Crippen molar-refractivity contribution in [2.24, 2.45) is 0 Å². The van der Waals surface area contributed by atoms with E-state index in [4.69, 9.17) is 0 Å². The Morgan fingerprint density at radius 1 is 1.67 bits per heavy atom. The zero-order valence-corrected chi connectivity index (χ0v) is 11.2. The van der Waals surface area contributed by atoms with Gasteiger partial charge in [-0.1, -0.05) is 0 Å². The van der Waals surface area contributed by atoms with Crippen LogP contribution in [0, 0.1) is 2.88 Å². The zero-order chi connectivity index (χ0) is 11.0. The highest BCUT2D eigenvalue weighted by Crippen LogP contribution is 2.23. The molecule has 0 N–H and O–H groups in total. The fraction of sp³-hybridized carbons (Fsp3) is 0.400. The molecule has 1 unspecified atom stereocenters. The number of thiophene rings is 1. The summed E-state index contributed by atoms with van der Waals surface area (Å²) in [6.07, 6.45) is 1.28. The monoisotopic (exact) mass is 335 g/mol. The molecule has 1 fully saturated rings. The molecule has 0 radical (unpaired) electrons. The lowest BCUT2D eigenvalue weighted by molar-refractivity contribution is -0.126. The Balaban J connectivity index is 2.24. The maximum absolute atomic E-state index is 12.0. The summed E-state index contributed by atoms with van der Waals surface area (Å²) in [7, 11) is 0. The van der Waals surface area contributed by atoms with Crippen molar-refractivity contribution >= 4 is 45.7 Å². The molecule has 2 amide bonds. The molecule has 0 bridgehead atoms. The van der Waals surface area contributed by atoms with Crippen LogP contribution in [0.4, 0.5) is 0 Å². The van der Waals surface area contributed by atoms with Crippen molar-refractivity contribution in [3.8, 4) is 0 Å². The van der Waals surface area contributed by atoms with Crippen molar-refractivity contribution in [3.05, 3.63) is 19.9 Å². The smallest absolute Gasteiger partial charge is 0.261 e. The van der Waals surface area contributed by atoms with E-state index in [1.54, 1.807) is 0 Å². The number of nitrogens with zero attached hydrogens (tertiary/aromatic N) is 1. The van der Waals surface area contributed by atoms with Crippen molar-refractivity contribution in [2.45, 2.75) is 25.8 Å². The summed E-state index contributed by atoms with van der Waals surface area (Å²) in [6.45, 7) is 1.92. The van der Waals surface area contributed by atoms with Gasteiger partial charge in [0.2, 0.25) is 5.91 Å². The minimum absolute atomic E-state index is 0.0440. The van der Waals surface area contributed by atoms with Crippen LogP contribution in [0.3, 0.4) is 0 Å². The lowest BCUT2D eigenvalue weighted by atomic mass is 10.2. The fourth-order valence-corrected chi connectivity index (χ4v) is 3.02. The minimum atomic E-state index is -0.149. The fourth-order valence-electron chi connectivity index (χ4n) is 1.70. The molecular formula is C10H10INO2S. The second-order valence-electron chi connectivity index (χ2n) is 3.60. The number of carbonyl (C=O) groups excluding carboxylic acids is 2. The highest BCUT2D eigenvalue weighted by molar-refractivity contribution is 14.1. The van der Waals surface area contributed by atoms with Crippen LogP contribution in [0.5, 0.6) is 0 Å². The van der Waals surface area contributed by atoms with Gasteiger partial charge in [-0.15, -0.1) is 11.3 Å². The molecule has 2 heterocycles. The standard InChI is InChI=1S/C10H10INO2S/c1-6-2-3-9(13)12(6)10(14)7-4-8(11)15-5-7/h4-6H,2-3H2,1H3. The summed E-state index contributed by atoms with van der Waals surface area (Å²) in [4.78, 5) is 24.9. The number of imide groups is 1. The summed E-state index contributed by atoms with van der Waals surface area (Å²) in [5.74, 6) is -0.196. The van der Waals surface area contributed by atoms with Gasteiger partial charge in [0.25, 0.3) is 5.91 Å². The van der Waals surface area contributed by atoms with Gasteiger partial charge in [-0.3, -0.25) is 14.5 Å². The average molecular weight is 335 g/mol. The average Bonchev–Trinajstić information content (AvgIpc) is 2.73. The predicted molar refractivity (Wildman–Crippen MR) is 66.9 cm³/mol. The number of amides is 2. The van der Waals surface area contributed by atoms with E-state index >= 15 is 0 Å². The van der Waals surface area contributed by atoms with Crippen LogP contribution in [-0.2, 0) is 4.79 Å². The maximum Gasteiger partial charge on any atom is 0.261 e. The highest BCUT2D eigenvalue weighted by atomic mass is 127. The SMILES string of the molecule is CC1CCC(=O)N1C(=O)c1csc(I)c1. The first kappa shape index (κ1) is 11.1. The van der Waals surface area contributed by atoms with Crippen molar-refractivity contribution in [2.75, 3.05) is 0 Å². The third-order valence-electron chi connectivity index (χ3n) is 2.52. The van der Waals surface area contributed by atoms with E-state index in [0.717, 1.165) is 9.30 Å². The number of halogens is 1. The number of hydrogen-bond acceptors (Lipinski definition) is 3. The number of hydrogen-bond donors (Lipinski definition) is 0. The number of rotatable bonds is 1. The third kappa shape index (κ3) is 2.08. The van der Waals surface area contributed by atoms with Crippen LogP contribution >= 0.6 is 33.9 Å². The summed E-state index contributed by atoms with van der Waals surface area (Å²) >= 11 is 3.69. The van der Waals surface area contributed by atoms with E-state index in [1.807, 2.05) is 18.4 Å². The van der Waals surface area contributed by atoms with E-state index in [1.165, 1.54) is 16.2 Å². The first-order valence-electron chi connectivity index (χ1n) is 4.70. The molecule has 80 valence electrons. The van der Waals surface area contributed by atoms with Gasteiger partial charge < -0.3 is 0 Å². The molecule has 1 aliphatic heterocycles. The molecule has 1 aromatic rings. The summed E-state index contributed by atoms with van der Waals surface area (Å²) in [5, 5.41) is 1.81. The highest BCUT2D eigenvalue weighted by Gasteiger charge is 2.33. The molecule has 2 rings (SSSR count). The van der Waals surface area contributed by atoms with Crippen LogP contribution in [-0.4, -0.2) is 22.8 Å². The van der Waals surface area contributed by atoms with Crippen LogP contribution in [0.25, 0.3) is 0 Å². The molecule has 1 aromatic heterocycles. The van der Waals surface area contributed by atoms with Gasteiger partial charge >= 0.3 is 0 Å². The molecule has 5 heteroatoms. The Hall–Kier alpha value is -0.430. The molecule has 0 aromatic carbocycles. The summed E-state index contributed by atoms with van der Waals surface area (Å²) in [6, 6.07) is 1.87. The summed E-state index contributed by atoms with van der Waals surface area (Å²) in [5.41, 5.74) is 0.631. The van der Waals surface area contributed by atoms with Crippen LogP contribution < -0.4 is 0 Å². The lowest BCUT2D eigenvalue weighted by Gasteiger charge is -2.18. The van der Waals surface area contributed by atoms with E-state index in [0.29, 0.717) is 12.0 Å². The van der Waals surface area contributed by atoms with Gasteiger partial charge in [-0.25, -0.2) is 0 Å². The molecule has 1 aliphatic rings. The van der Waals surface area contributed by atoms with E-state index in [-0.39, 0.29) is 17.9 Å². The lowest BCUT2D eigenvalue weighted by Crippen LogP contribution is -2.36. The van der Waals surface area contributed by atoms with Crippen molar-refractivity contribution in [1.29, 1.82) is 0 Å². The van der Waals surface area contributed by atoms with Gasteiger partial charge in [-0.2, -0.15) is 0 Å². The zero-order valence-electron chi connectivity index (χ0n) is 8.20. The number of carbonyl (C=O) groups is 2.